The van der Waals surface area contributed by atoms with E-state index in [4.69, 9.17) is 0 Å². The predicted molar refractivity (Wildman–Crippen MR) is 74.2 cm³/mol. The molecule has 0 aliphatic carbocycles. The van der Waals surface area contributed by atoms with Gasteiger partial charge in [0, 0.05) is 23.3 Å². The highest BCUT2D eigenvalue weighted by Crippen LogP contribution is 2.27. The summed E-state index contributed by atoms with van der Waals surface area (Å²) in [5.41, 5.74) is 0.276. The molecule has 2 heterocycles. The minimum absolute atomic E-state index is 0.276. The quantitative estimate of drug-likeness (QED) is 0.910. The van der Waals surface area contributed by atoms with Crippen LogP contribution in [0.2, 0.25) is 0 Å². The van der Waals surface area contributed by atoms with Crippen LogP contribution in [0, 0.1) is 0 Å². The lowest BCUT2D eigenvalue weighted by molar-refractivity contribution is 0.0697. The Morgan fingerprint density at radius 3 is 3.00 bits per heavy atom. The number of carboxylic acids is 1. The van der Waals surface area contributed by atoms with Gasteiger partial charge in [-0.3, -0.25) is 0 Å². The molecule has 1 atom stereocenters. The summed E-state index contributed by atoms with van der Waals surface area (Å²) in [7, 11) is 0. The molecule has 0 spiro atoms. The van der Waals surface area contributed by atoms with E-state index in [1.807, 2.05) is 0 Å². The Kier molecular flexibility index (Phi) is 4.22. The van der Waals surface area contributed by atoms with Crippen molar-refractivity contribution in [3.05, 3.63) is 22.3 Å². The molecule has 1 aliphatic heterocycles. The summed E-state index contributed by atoms with van der Waals surface area (Å²) in [6.45, 7) is 3.02. The summed E-state index contributed by atoms with van der Waals surface area (Å²) in [5.74, 6) is -0.324. The fraction of sp³-hybridized carbons (Fsp3) is 0.538. The molecule has 4 nitrogen and oxygen atoms in total. The third-order valence-corrected chi connectivity index (χ3v) is 3.82. The Labute approximate surface area is 115 Å². The van der Waals surface area contributed by atoms with E-state index in [1.54, 1.807) is 12.3 Å². The second-order valence-corrected chi connectivity index (χ2v) is 5.64. The molecule has 0 saturated carbocycles. The number of anilines is 1. The molecule has 0 bridgehead atoms. The zero-order valence-electron chi connectivity index (χ0n) is 10.4. The molecule has 2 rings (SSSR count). The number of aromatic carboxylic acids is 1. The number of pyridine rings is 1. The first kappa shape index (κ1) is 13.3. The second kappa shape index (κ2) is 5.69. The van der Waals surface area contributed by atoms with Crippen molar-refractivity contribution in [2.75, 3.05) is 11.4 Å². The van der Waals surface area contributed by atoms with Crippen LogP contribution in [0.5, 0.6) is 0 Å². The second-order valence-electron chi connectivity index (χ2n) is 4.72. The Bertz CT molecular complexity index is 451. The maximum atomic E-state index is 11.3. The minimum atomic E-state index is -0.921. The Balaban J connectivity index is 2.39. The molecule has 18 heavy (non-hydrogen) atoms. The Morgan fingerprint density at radius 1 is 1.50 bits per heavy atom. The zero-order chi connectivity index (χ0) is 13.1. The largest absolute Gasteiger partial charge is 0.478 e. The molecule has 0 aromatic carbocycles. The predicted octanol–water partition coefficient (Wildman–Crippen LogP) is 3.31. The summed E-state index contributed by atoms with van der Waals surface area (Å²) in [6.07, 6.45) is 6.27. The highest BCUT2D eigenvalue weighted by atomic mass is 79.9. The maximum absolute atomic E-state index is 11.3. The van der Waals surface area contributed by atoms with Crippen LogP contribution in [0.15, 0.2) is 16.7 Å². The first-order valence-corrected chi connectivity index (χ1v) is 7.04. The molecule has 1 unspecified atom stereocenters. The van der Waals surface area contributed by atoms with Gasteiger partial charge in [-0.2, -0.15) is 0 Å². The third-order valence-electron chi connectivity index (χ3n) is 3.39. The number of halogens is 1. The van der Waals surface area contributed by atoms with Crippen molar-refractivity contribution in [1.29, 1.82) is 0 Å². The van der Waals surface area contributed by atoms with E-state index >= 15 is 0 Å². The van der Waals surface area contributed by atoms with Crippen LogP contribution in [-0.4, -0.2) is 28.6 Å². The van der Waals surface area contributed by atoms with Gasteiger partial charge in [0.25, 0.3) is 0 Å². The highest BCUT2D eigenvalue weighted by Gasteiger charge is 2.23. The molecule has 1 fully saturated rings. The van der Waals surface area contributed by atoms with Crippen LogP contribution in [0.1, 0.15) is 43.0 Å². The monoisotopic (exact) mass is 312 g/mol. The summed E-state index contributed by atoms with van der Waals surface area (Å²) in [5, 5.41) is 9.29. The number of carbonyl (C=O) groups is 1. The molecule has 98 valence electrons. The molecule has 1 aromatic heterocycles. The van der Waals surface area contributed by atoms with Crippen molar-refractivity contribution in [3.8, 4) is 0 Å². The molecule has 0 radical (unpaired) electrons. The van der Waals surface area contributed by atoms with Gasteiger partial charge in [-0.25, -0.2) is 9.78 Å². The van der Waals surface area contributed by atoms with Gasteiger partial charge in [-0.15, -0.1) is 0 Å². The number of carboxylic acid groups (broad SMARTS) is 1. The first-order chi connectivity index (χ1) is 8.59. The SMILES string of the molecule is CC1CCCCCN1c1ncc(Br)cc1C(=O)O. The topological polar surface area (TPSA) is 53.4 Å². The van der Waals surface area contributed by atoms with E-state index in [-0.39, 0.29) is 5.56 Å². The van der Waals surface area contributed by atoms with Crippen LogP contribution in [0.4, 0.5) is 5.82 Å². The maximum Gasteiger partial charge on any atom is 0.339 e. The molecular formula is C13H17BrN2O2. The smallest absolute Gasteiger partial charge is 0.339 e. The van der Waals surface area contributed by atoms with Gasteiger partial charge in [0.05, 0.1) is 0 Å². The van der Waals surface area contributed by atoms with Crippen molar-refractivity contribution < 1.29 is 9.90 Å². The van der Waals surface area contributed by atoms with Crippen LogP contribution in [-0.2, 0) is 0 Å². The lowest BCUT2D eigenvalue weighted by Gasteiger charge is -2.29. The van der Waals surface area contributed by atoms with Gasteiger partial charge >= 0.3 is 5.97 Å². The van der Waals surface area contributed by atoms with E-state index in [1.165, 1.54) is 12.8 Å². The van der Waals surface area contributed by atoms with Crippen molar-refractivity contribution in [1.82, 2.24) is 4.98 Å². The Hall–Kier alpha value is -1.10. The summed E-state index contributed by atoms with van der Waals surface area (Å²) >= 11 is 3.27. The zero-order valence-corrected chi connectivity index (χ0v) is 12.0. The molecule has 1 aromatic rings. The van der Waals surface area contributed by atoms with Crippen molar-refractivity contribution in [3.63, 3.8) is 0 Å². The average molecular weight is 313 g/mol. The number of hydrogen-bond donors (Lipinski definition) is 1. The van der Waals surface area contributed by atoms with Crippen LogP contribution >= 0.6 is 15.9 Å². The van der Waals surface area contributed by atoms with Crippen LogP contribution in [0.3, 0.4) is 0 Å². The fourth-order valence-corrected chi connectivity index (χ4v) is 2.74. The lowest BCUT2D eigenvalue weighted by Crippen LogP contribution is -2.34. The van der Waals surface area contributed by atoms with E-state index in [0.29, 0.717) is 16.3 Å². The normalized spacial score (nSPS) is 20.6. The van der Waals surface area contributed by atoms with Gasteiger partial charge < -0.3 is 10.0 Å². The molecule has 1 aliphatic rings. The van der Waals surface area contributed by atoms with E-state index in [2.05, 4.69) is 32.7 Å². The Morgan fingerprint density at radius 2 is 2.28 bits per heavy atom. The van der Waals surface area contributed by atoms with E-state index in [9.17, 15) is 9.90 Å². The third kappa shape index (κ3) is 2.83. The molecule has 0 amide bonds. The van der Waals surface area contributed by atoms with Gasteiger partial charge in [0.1, 0.15) is 11.4 Å². The number of aromatic nitrogens is 1. The van der Waals surface area contributed by atoms with Crippen molar-refractivity contribution >= 4 is 27.7 Å². The van der Waals surface area contributed by atoms with E-state index in [0.717, 1.165) is 19.4 Å². The van der Waals surface area contributed by atoms with Crippen LogP contribution < -0.4 is 4.90 Å². The lowest BCUT2D eigenvalue weighted by atomic mass is 10.1. The molecule has 1 saturated heterocycles. The summed E-state index contributed by atoms with van der Waals surface area (Å²) < 4.78 is 0.700. The molecule has 5 heteroatoms. The summed E-state index contributed by atoms with van der Waals surface area (Å²) in [4.78, 5) is 17.8. The molecule has 1 N–H and O–H groups in total. The standard InChI is InChI=1S/C13H17BrN2O2/c1-9-5-3-2-4-6-16(9)12-11(13(17)18)7-10(14)8-15-12/h7-9H,2-6H2,1H3,(H,17,18). The van der Waals surface area contributed by atoms with Gasteiger partial charge in [-0.1, -0.05) is 12.8 Å². The highest BCUT2D eigenvalue weighted by molar-refractivity contribution is 9.10. The number of nitrogens with zero attached hydrogens (tertiary/aromatic N) is 2. The minimum Gasteiger partial charge on any atom is -0.478 e. The van der Waals surface area contributed by atoms with Gasteiger partial charge in [0.2, 0.25) is 0 Å². The van der Waals surface area contributed by atoms with Gasteiger partial charge in [0.15, 0.2) is 0 Å². The molecular weight excluding hydrogens is 296 g/mol. The van der Waals surface area contributed by atoms with Gasteiger partial charge in [-0.05, 0) is 41.8 Å². The number of hydrogen-bond acceptors (Lipinski definition) is 3. The number of rotatable bonds is 2. The fourth-order valence-electron chi connectivity index (χ4n) is 2.41. The van der Waals surface area contributed by atoms with Crippen molar-refractivity contribution in [2.45, 2.75) is 38.6 Å². The van der Waals surface area contributed by atoms with Crippen LogP contribution in [0.25, 0.3) is 0 Å². The summed E-state index contributed by atoms with van der Waals surface area (Å²) in [6, 6.07) is 1.97. The van der Waals surface area contributed by atoms with Crippen molar-refractivity contribution in [2.24, 2.45) is 0 Å². The average Bonchev–Trinajstić information content (AvgIpc) is 2.54. The first-order valence-electron chi connectivity index (χ1n) is 6.25. The van der Waals surface area contributed by atoms with E-state index < -0.39 is 5.97 Å².